The third-order valence-electron chi connectivity index (χ3n) is 3.62. The number of benzene rings is 1. The van der Waals surface area contributed by atoms with Crippen molar-refractivity contribution in [3.63, 3.8) is 0 Å². The predicted molar refractivity (Wildman–Crippen MR) is 99.2 cm³/mol. The minimum absolute atomic E-state index is 0.0591. The summed E-state index contributed by atoms with van der Waals surface area (Å²) in [7, 11) is -6.86. The molecule has 1 aliphatic heterocycles. The monoisotopic (exact) mass is 408 g/mol. The van der Waals surface area contributed by atoms with Crippen molar-refractivity contribution in [3.8, 4) is 0 Å². The normalized spacial score (nSPS) is 20.4. The lowest BCUT2D eigenvalue weighted by Crippen LogP contribution is -2.87. The summed E-state index contributed by atoms with van der Waals surface area (Å²) in [5, 5.41) is 2.27. The van der Waals surface area contributed by atoms with Crippen LogP contribution in [-0.2, 0) is 24.9 Å². The fourth-order valence-electron chi connectivity index (χ4n) is 2.65. The van der Waals surface area contributed by atoms with Crippen molar-refractivity contribution < 1.29 is 33.5 Å². The van der Waals surface area contributed by atoms with Crippen molar-refractivity contribution in [2.24, 2.45) is 0 Å². The highest BCUT2D eigenvalue weighted by Crippen LogP contribution is 2.61. The first-order valence-corrected chi connectivity index (χ1v) is 12.4. The molecule has 3 unspecified atom stereocenters. The maximum atomic E-state index is 12.0. The fourth-order valence-corrected chi connectivity index (χ4v) is 6.82. The Morgan fingerprint density at radius 1 is 1.31 bits per heavy atom. The molecule has 26 heavy (non-hydrogen) atoms. The Morgan fingerprint density at radius 2 is 1.88 bits per heavy atom. The third-order valence-corrected chi connectivity index (χ3v) is 8.59. The highest BCUT2D eigenvalue weighted by molar-refractivity contribution is 7.73. The molecule has 1 aromatic rings. The molecule has 0 amide bonds. The van der Waals surface area contributed by atoms with Gasteiger partial charge in [0.15, 0.2) is 13.1 Å². The van der Waals surface area contributed by atoms with Gasteiger partial charge in [0, 0.05) is 13.2 Å². The van der Waals surface area contributed by atoms with E-state index in [2.05, 4.69) is 5.32 Å². The summed E-state index contributed by atoms with van der Waals surface area (Å²) < 4.78 is 33.7. The average Bonchev–Trinajstić information content (AvgIpc) is 2.56. The lowest BCUT2D eigenvalue weighted by Gasteiger charge is -2.38. The molecule has 0 bridgehead atoms. The smallest absolute Gasteiger partial charge is 0.222 e. The number of nitrogens with zero attached hydrogens (tertiary/aromatic N) is 1. The van der Waals surface area contributed by atoms with Crippen LogP contribution in [-0.4, -0.2) is 61.9 Å². The zero-order valence-electron chi connectivity index (χ0n) is 15.6. The van der Waals surface area contributed by atoms with Crippen LogP contribution in [0.3, 0.4) is 0 Å². The predicted octanol–water partition coefficient (Wildman–Crippen LogP) is 0.472. The molecular formula is C16H30N2O6P2. The highest BCUT2D eigenvalue weighted by Gasteiger charge is 2.39. The number of hydrogen-bond acceptors (Lipinski definition) is 6. The van der Waals surface area contributed by atoms with Crippen LogP contribution in [0.15, 0.2) is 30.3 Å². The molecule has 0 radical (unpaired) electrons. The lowest BCUT2D eigenvalue weighted by atomic mass is 10.2. The standard InChI is InChI=1S/C12H21NO5P2.C4H9NO/c1-4-18-20(16,17)12(19(3,14)15)13(2)10-11-8-6-5-7-9-11;1-3-6-4-2-5-1/h5-9,12H,4,10H2,1-3H3,(H,14,15)(H,16,17);5H,1-4H2. The van der Waals surface area contributed by atoms with E-state index >= 15 is 0 Å². The van der Waals surface area contributed by atoms with Gasteiger partial charge in [0.05, 0.1) is 32.9 Å². The van der Waals surface area contributed by atoms with E-state index in [-0.39, 0.29) is 13.2 Å². The molecule has 2 rings (SSSR count). The van der Waals surface area contributed by atoms with Crippen molar-refractivity contribution >= 4 is 15.0 Å². The Labute approximate surface area is 155 Å². The van der Waals surface area contributed by atoms with Gasteiger partial charge in [-0.2, -0.15) is 0 Å². The first kappa shape index (κ1) is 23.5. The van der Waals surface area contributed by atoms with Gasteiger partial charge < -0.3 is 28.9 Å². The molecule has 10 heteroatoms. The number of rotatable bonds is 7. The Bertz CT molecular complexity index is 595. The van der Waals surface area contributed by atoms with E-state index in [0.717, 1.165) is 38.5 Å². The van der Waals surface area contributed by atoms with Gasteiger partial charge in [-0.3, -0.25) is 9.46 Å². The first-order chi connectivity index (χ1) is 12.2. The molecule has 3 atom stereocenters. The Hall–Kier alpha value is -0.560. The van der Waals surface area contributed by atoms with Crippen molar-refractivity contribution in [2.45, 2.75) is 19.0 Å². The molecule has 1 fully saturated rings. The second-order valence-electron chi connectivity index (χ2n) is 6.13. The van der Waals surface area contributed by atoms with Crippen LogP contribution < -0.4 is 10.2 Å². The summed E-state index contributed by atoms with van der Waals surface area (Å²) in [6.07, 6.45) is 0. The lowest BCUT2D eigenvalue weighted by molar-refractivity contribution is -0.670. The van der Waals surface area contributed by atoms with Crippen molar-refractivity contribution in [1.29, 1.82) is 0 Å². The van der Waals surface area contributed by atoms with Gasteiger partial charge in [-0.05, 0) is 19.5 Å². The van der Waals surface area contributed by atoms with Gasteiger partial charge in [0.2, 0.25) is 7.37 Å². The summed E-state index contributed by atoms with van der Waals surface area (Å²) in [5.41, 5.74) is -0.694. The maximum Gasteiger partial charge on any atom is 0.222 e. The first-order valence-electron chi connectivity index (χ1n) is 8.57. The molecule has 1 saturated heterocycles. The Balaban J connectivity index is 0.000000472. The van der Waals surface area contributed by atoms with E-state index in [9.17, 15) is 18.9 Å². The molecule has 1 heterocycles. The zero-order valence-corrected chi connectivity index (χ0v) is 17.4. The maximum absolute atomic E-state index is 12.0. The molecule has 0 spiro atoms. The molecule has 1 aromatic carbocycles. The van der Waals surface area contributed by atoms with Gasteiger partial charge in [-0.1, -0.05) is 30.3 Å². The number of hydrogen-bond donors (Lipinski definition) is 2. The topological polar surface area (TPSA) is 116 Å². The van der Waals surface area contributed by atoms with Gasteiger partial charge >= 0.3 is 0 Å². The van der Waals surface area contributed by atoms with E-state index < -0.39 is 20.5 Å². The second-order valence-corrected chi connectivity index (χ2v) is 10.7. The van der Waals surface area contributed by atoms with Crippen LogP contribution in [0.1, 0.15) is 12.5 Å². The van der Waals surface area contributed by atoms with E-state index in [1.165, 1.54) is 18.9 Å². The van der Waals surface area contributed by atoms with Crippen LogP contribution in [0.5, 0.6) is 0 Å². The van der Waals surface area contributed by atoms with Crippen molar-refractivity contribution in [1.82, 2.24) is 4.90 Å². The highest BCUT2D eigenvalue weighted by atomic mass is 31.2. The minimum Gasteiger partial charge on any atom is -0.777 e. The van der Waals surface area contributed by atoms with E-state index in [1.807, 2.05) is 30.3 Å². The summed E-state index contributed by atoms with van der Waals surface area (Å²) in [6, 6.07) is 9.13. The molecule has 0 saturated carbocycles. The number of quaternary nitrogens is 1. The average molecular weight is 408 g/mol. The molecule has 0 aromatic heterocycles. The van der Waals surface area contributed by atoms with Gasteiger partial charge in [-0.15, -0.1) is 0 Å². The molecular weight excluding hydrogens is 378 g/mol. The minimum atomic E-state index is -4.45. The van der Waals surface area contributed by atoms with Crippen LogP contribution in [0.2, 0.25) is 0 Å². The van der Waals surface area contributed by atoms with Crippen molar-refractivity contribution in [3.05, 3.63) is 35.9 Å². The molecule has 150 valence electrons. The van der Waals surface area contributed by atoms with Crippen LogP contribution in [0.25, 0.3) is 0 Å². The molecule has 8 nitrogen and oxygen atoms in total. The van der Waals surface area contributed by atoms with Gasteiger partial charge in [0.25, 0.3) is 0 Å². The van der Waals surface area contributed by atoms with Crippen LogP contribution >= 0.6 is 15.0 Å². The summed E-state index contributed by atoms with van der Waals surface area (Å²) in [4.78, 5) is 23.1. The Morgan fingerprint density at radius 3 is 2.27 bits per heavy atom. The summed E-state index contributed by atoms with van der Waals surface area (Å²) in [5.74, 6) is 0. The van der Waals surface area contributed by atoms with Gasteiger partial charge in [0.1, 0.15) is 0 Å². The van der Waals surface area contributed by atoms with E-state index in [1.54, 1.807) is 0 Å². The van der Waals surface area contributed by atoms with Gasteiger partial charge in [-0.25, -0.2) is 0 Å². The van der Waals surface area contributed by atoms with E-state index in [0.29, 0.717) is 0 Å². The number of ether oxygens (including phenoxy) is 1. The zero-order chi connectivity index (χ0) is 19.6. The SMILES string of the molecule is C1COCC[NH2+]1.CCOP(=O)([O-])C(N(C)Cc1ccccc1)P(C)(=O)O. The third kappa shape index (κ3) is 8.42. The van der Waals surface area contributed by atoms with E-state index in [4.69, 9.17) is 9.26 Å². The van der Waals surface area contributed by atoms with Crippen molar-refractivity contribution in [2.75, 3.05) is 46.6 Å². The quantitative estimate of drug-likeness (QED) is 0.630. The molecule has 0 aliphatic carbocycles. The summed E-state index contributed by atoms with van der Waals surface area (Å²) >= 11 is 0. The number of morpholine rings is 1. The second kappa shape index (κ2) is 11.3. The van der Waals surface area contributed by atoms with Crippen LogP contribution in [0.4, 0.5) is 0 Å². The fraction of sp³-hybridized carbons (Fsp3) is 0.625. The van der Waals surface area contributed by atoms with Crippen LogP contribution in [0, 0.1) is 0 Å². The number of nitrogens with two attached hydrogens (primary N) is 1. The molecule has 1 aliphatic rings. The largest absolute Gasteiger partial charge is 0.777 e. The molecule has 3 N–H and O–H groups in total. The summed E-state index contributed by atoms with van der Waals surface area (Å²) in [6.45, 7) is 6.93. The Kier molecular flexibility index (Phi) is 10.2.